The van der Waals surface area contributed by atoms with E-state index in [1.807, 2.05) is 24.2 Å². The van der Waals surface area contributed by atoms with E-state index >= 15 is 0 Å². The van der Waals surface area contributed by atoms with Gasteiger partial charge in [-0.1, -0.05) is 68.8 Å². The summed E-state index contributed by atoms with van der Waals surface area (Å²) in [5.41, 5.74) is 4.66. The normalized spacial score (nSPS) is 17.0. The van der Waals surface area contributed by atoms with Crippen molar-refractivity contribution in [1.82, 2.24) is 25.5 Å². The number of amides is 2. The third-order valence-electron chi connectivity index (χ3n) is 8.38. The quantitative estimate of drug-likeness (QED) is 0.161. The fourth-order valence-corrected chi connectivity index (χ4v) is 7.72. The van der Waals surface area contributed by atoms with Crippen LogP contribution in [-0.4, -0.2) is 45.8 Å². The number of nitrogens with one attached hydrogen (secondary N) is 2. The minimum Gasteiger partial charge on any atom is -0.344 e. The van der Waals surface area contributed by atoms with Gasteiger partial charge in [0.25, 0.3) is 0 Å². The van der Waals surface area contributed by atoms with Crippen molar-refractivity contribution in [2.24, 2.45) is 5.92 Å². The lowest BCUT2D eigenvalue weighted by molar-refractivity contribution is -0.137. The lowest BCUT2D eigenvalue weighted by Gasteiger charge is -2.27. The highest BCUT2D eigenvalue weighted by atomic mass is 32.1. The molecule has 44 heavy (non-hydrogen) atoms. The van der Waals surface area contributed by atoms with E-state index in [1.54, 1.807) is 22.7 Å². The second-order valence-corrected chi connectivity index (χ2v) is 14.0. The third-order valence-corrected chi connectivity index (χ3v) is 10.6. The van der Waals surface area contributed by atoms with Gasteiger partial charge in [-0.05, 0) is 67.3 Å². The summed E-state index contributed by atoms with van der Waals surface area (Å²) in [6.07, 6.45) is 10.5. The van der Waals surface area contributed by atoms with Crippen molar-refractivity contribution in [1.29, 1.82) is 0 Å². The first-order chi connectivity index (χ1) is 21.5. The molecule has 0 spiro atoms. The highest BCUT2D eigenvalue weighted by molar-refractivity contribution is 7.15. The number of rotatable bonds is 13. The summed E-state index contributed by atoms with van der Waals surface area (Å²) in [6.45, 7) is 6.30. The molecule has 2 aromatic carbocycles. The highest BCUT2D eigenvalue weighted by Crippen LogP contribution is 2.34. The van der Waals surface area contributed by atoms with Crippen LogP contribution < -0.4 is 10.6 Å². The largest absolute Gasteiger partial charge is 0.344 e. The zero-order valence-corrected chi connectivity index (χ0v) is 27.2. The van der Waals surface area contributed by atoms with Crippen LogP contribution in [0.5, 0.6) is 0 Å². The zero-order valence-electron chi connectivity index (χ0n) is 25.6. The summed E-state index contributed by atoms with van der Waals surface area (Å²) in [7, 11) is 0. The number of hydrogen-bond donors (Lipinski definition) is 2. The van der Waals surface area contributed by atoms with Gasteiger partial charge in [-0.25, -0.2) is 9.97 Å². The van der Waals surface area contributed by atoms with Gasteiger partial charge in [-0.2, -0.15) is 0 Å². The number of hydrogen-bond acceptors (Lipinski definition) is 7. The Morgan fingerprint density at radius 2 is 1.52 bits per heavy atom. The predicted octanol–water partition coefficient (Wildman–Crippen LogP) is 7.46. The SMILES string of the molecule is CCCC(NC(=O)C1CC1)C(=O)N(CCC)Cc1ncc(-c2ccc(-c3ccc(-c4cnc(C5CCCN5)s4)cc3)cc2)s1. The minimum absolute atomic E-state index is 0.00331. The summed E-state index contributed by atoms with van der Waals surface area (Å²) in [6, 6.07) is 17.3. The average Bonchev–Trinajstić information content (AvgIpc) is 3.40. The molecule has 2 unspecified atom stereocenters. The summed E-state index contributed by atoms with van der Waals surface area (Å²) < 4.78 is 0. The second kappa shape index (κ2) is 14.1. The number of benzene rings is 2. The second-order valence-electron chi connectivity index (χ2n) is 11.9. The first kappa shape index (κ1) is 30.6. The Labute approximate surface area is 268 Å². The molecular weight excluding hydrogens is 587 g/mol. The molecule has 4 aromatic rings. The summed E-state index contributed by atoms with van der Waals surface area (Å²) >= 11 is 3.41. The Kier molecular flexibility index (Phi) is 9.84. The Morgan fingerprint density at radius 1 is 0.886 bits per heavy atom. The van der Waals surface area contributed by atoms with E-state index in [9.17, 15) is 9.59 Å². The number of thiazole rings is 2. The van der Waals surface area contributed by atoms with Crippen molar-refractivity contribution >= 4 is 34.5 Å². The molecule has 9 heteroatoms. The van der Waals surface area contributed by atoms with Gasteiger partial charge in [0.05, 0.1) is 22.3 Å². The standard InChI is InChI=1S/C35H41N5O2S2/c1-3-6-29(39-33(41)27-16-17-27)35(42)40(19-4-2)22-32-37-20-30(43-32)25-12-8-23(9-13-25)24-10-14-26(15-11-24)31-21-38-34(44-31)28-7-5-18-36-28/h8-15,20-21,27-29,36H,3-7,16-19,22H2,1-2H3,(H,39,41). The zero-order chi connectivity index (χ0) is 30.5. The monoisotopic (exact) mass is 627 g/mol. The lowest BCUT2D eigenvalue weighted by atomic mass is 10.0. The molecular formula is C35H41N5O2S2. The van der Waals surface area contributed by atoms with Gasteiger partial charge in [-0.15, -0.1) is 22.7 Å². The Balaban J connectivity index is 1.09. The van der Waals surface area contributed by atoms with E-state index in [0.717, 1.165) is 47.7 Å². The van der Waals surface area contributed by atoms with Crippen molar-refractivity contribution in [3.05, 3.63) is 70.9 Å². The first-order valence-electron chi connectivity index (χ1n) is 16.0. The van der Waals surface area contributed by atoms with Gasteiger partial charge in [0.15, 0.2) is 0 Å². The molecule has 2 aromatic heterocycles. The minimum atomic E-state index is -0.464. The van der Waals surface area contributed by atoms with Crippen molar-refractivity contribution in [2.75, 3.05) is 13.1 Å². The van der Waals surface area contributed by atoms with Crippen molar-refractivity contribution in [3.8, 4) is 32.0 Å². The summed E-state index contributed by atoms with van der Waals surface area (Å²) in [5.74, 6) is 0.108. The Morgan fingerprint density at radius 3 is 2.11 bits per heavy atom. The molecule has 2 amide bonds. The van der Waals surface area contributed by atoms with Crippen LogP contribution in [-0.2, 0) is 16.1 Å². The van der Waals surface area contributed by atoms with E-state index in [-0.39, 0.29) is 17.7 Å². The van der Waals surface area contributed by atoms with Gasteiger partial charge < -0.3 is 15.5 Å². The van der Waals surface area contributed by atoms with Gasteiger partial charge in [0, 0.05) is 24.9 Å². The highest BCUT2D eigenvalue weighted by Gasteiger charge is 2.33. The van der Waals surface area contributed by atoms with Crippen molar-refractivity contribution in [2.45, 2.75) is 77.4 Å². The fourth-order valence-electron chi connectivity index (χ4n) is 5.75. The van der Waals surface area contributed by atoms with E-state index in [1.165, 1.54) is 39.4 Å². The van der Waals surface area contributed by atoms with Gasteiger partial charge in [0.2, 0.25) is 11.8 Å². The summed E-state index contributed by atoms with van der Waals surface area (Å²) in [4.78, 5) is 39.4. The number of carbonyl (C=O) groups excluding carboxylic acids is 2. The molecule has 1 saturated carbocycles. The Bertz CT molecular complexity index is 1550. The molecule has 1 saturated heterocycles. The van der Waals surface area contributed by atoms with Crippen LogP contribution in [0.15, 0.2) is 60.9 Å². The van der Waals surface area contributed by atoms with Crippen LogP contribution in [0.1, 0.15) is 74.9 Å². The van der Waals surface area contributed by atoms with E-state index in [2.05, 4.69) is 76.1 Å². The maximum absolute atomic E-state index is 13.5. The topological polar surface area (TPSA) is 87.2 Å². The maximum atomic E-state index is 13.5. The van der Waals surface area contributed by atoms with E-state index in [0.29, 0.717) is 25.6 Å². The molecule has 6 rings (SSSR count). The van der Waals surface area contributed by atoms with E-state index in [4.69, 9.17) is 0 Å². The molecule has 7 nitrogen and oxygen atoms in total. The number of aromatic nitrogens is 2. The molecule has 2 atom stereocenters. The maximum Gasteiger partial charge on any atom is 0.245 e. The van der Waals surface area contributed by atoms with Crippen LogP contribution in [0, 0.1) is 5.92 Å². The molecule has 1 aliphatic heterocycles. The van der Waals surface area contributed by atoms with Crippen molar-refractivity contribution < 1.29 is 9.59 Å². The van der Waals surface area contributed by atoms with E-state index < -0.39 is 6.04 Å². The molecule has 2 fully saturated rings. The fraction of sp³-hybridized carbons (Fsp3) is 0.429. The molecule has 2 N–H and O–H groups in total. The van der Waals surface area contributed by atoms with Gasteiger partial charge >= 0.3 is 0 Å². The van der Waals surface area contributed by atoms with Crippen LogP contribution in [0.2, 0.25) is 0 Å². The molecule has 1 aliphatic carbocycles. The van der Waals surface area contributed by atoms with Crippen LogP contribution in [0.4, 0.5) is 0 Å². The molecule has 0 bridgehead atoms. The lowest BCUT2D eigenvalue weighted by Crippen LogP contribution is -2.49. The molecule has 3 heterocycles. The smallest absolute Gasteiger partial charge is 0.245 e. The Hall–Kier alpha value is -3.40. The molecule has 2 aliphatic rings. The molecule has 230 valence electrons. The third kappa shape index (κ3) is 7.28. The average molecular weight is 628 g/mol. The van der Waals surface area contributed by atoms with Gasteiger partial charge in [0.1, 0.15) is 16.1 Å². The van der Waals surface area contributed by atoms with Crippen molar-refractivity contribution in [3.63, 3.8) is 0 Å². The summed E-state index contributed by atoms with van der Waals surface area (Å²) in [5, 5.41) is 8.65. The van der Waals surface area contributed by atoms with Crippen LogP contribution >= 0.6 is 22.7 Å². The first-order valence-corrected chi connectivity index (χ1v) is 17.6. The van der Waals surface area contributed by atoms with Crippen LogP contribution in [0.3, 0.4) is 0 Å². The predicted molar refractivity (Wildman–Crippen MR) is 179 cm³/mol. The molecule has 0 radical (unpaired) electrons. The van der Waals surface area contributed by atoms with Crippen LogP contribution in [0.25, 0.3) is 32.0 Å². The number of carbonyl (C=O) groups is 2. The number of nitrogens with zero attached hydrogens (tertiary/aromatic N) is 3. The van der Waals surface area contributed by atoms with Gasteiger partial charge in [-0.3, -0.25) is 9.59 Å².